The van der Waals surface area contributed by atoms with Crippen LogP contribution in [0.5, 0.6) is 0 Å². The standard InChI is InChI=1S/C11H11ClN4O2/c12-7-2-1-3-13-9(7)10-15-11(18-16-10)8-4-6(17)5-14-8/h1-3,6,8,14,17H,4-5H2/t6?,8-/m0/s1. The summed E-state index contributed by atoms with van der Waals surface area (Å²) in [6, 6.07) is 3.35. The molecule has 1 aliphatic heterocycles. The molecule has 3 heterocycles. The van der Waals surface area contributed by atoms with E-state index in [-0.39, 0.29) is 12.1 Å². The van der Waals surface area contributed by atoms with Gasteiger partial charge in [0.2, 0.25) is 11.7 Å². The molecular formula is C11H11ClN4O2. The number of aliphatic hydroxyl groups excluding tert-OH is 1. The largest absolute Gasteiger partial charge is 0.392 e. The lowest BCUT2D eigenvalue weighted by molar-refractivity contribution is 0.191. The Balaban J connectivity index is 1.88. The molecule has 2 atom stereocenters. The summed E-state index contributed by atoms with van der Waals surface area (Å²) in [5, 5.41) is 16.9. The van der Waals surface area contributed by atoms with E-state index in [1.54, 1.807) is 18.3 Å². The number of nitrogens with zero attached hydrogens (tertiary/aromatic N) is 3. The number of nitrogens with one attached hydrogen (secondary N) is 1. The predicted octanol–water partition coefficient (Wildman–Crippen LogP) is 1.18. The Kier molecular flexibility index (Phi) is 2.99. The summed E-state index contributed by atoms with van der Waals surface area (Å²) in [4.78, 5) is 8.38. The highest BCUT2D eigenvalue weighted by atomic mass is 35.5. The maximum atomic E-state index is 9.44. The van der Waals surface area contributed by atoms with Crippen LogP contribution < -0.4 is 5.32 Å². The van der Waals surface area contributed by atoms with Gasteiger partial charge in [0.15, 0.2) is 0 Å². The molecule has 7 heteroatoms. The van der Waals surface area contributed by atoms with E-state index >= 15 is 0 Å². The fourth-order valence-corrected chi connectivity index (χ4v) is 2.13. The van der Waals surface area contributed by atoms with E-state index in [1.807, 2.05) is 0 Å². The zero-order chi connectivity index (χ0) is 12.5. The molecule has 0 aromatic carbocycles. The molecule has 0 aliphatic carbocycles. The van der Waals surface area contributed by atoms with Crippen LogP contribution in [0.15, 0.2) is 22.9 Å². The van der Waals surface area contributed by atoms with E-state index in [9.17, 15) is 5.11 Å². The molecule has 1 fully saturated rings. The third kappa shape index (κ3) is 2.10. The lowest BCUT2D eigenvalue weighted by atomic mass is 10.2. The van der Waals surface area contributed by atoms with Crippen molar-refractivity contribution in [1.29, 1.82) is 0 Å². The number of aromatic nitrogens is 3. The zero-order valence-electron chi connectivity index (χ0n) is 9.38. The minimum absolute atomic E-state index is 0.108. The molecule has 0 spiro atoms. The first-order valence-electron chi connectivity index (χ1n) is 5.60. The number of halogens is 1. The van der Waals surface area contributed by atoms with Gasteiger partial charge in [0, 0.05) is 12.7 Å². The van der Waals surface area contributed by atoms with Gasteiger partial charge in [0.1, 0.15) is 5.69 Å². The maximum Gasteiger partial charge on any atom is 0.244 e. The Bertz CT molecular complexity index is 559. The predicted molar refractivity (Wildman–Crippen MR) is 63.9 cm³/mol. The molecule has 6 nitrogen and oxygen atoms in total. The summed E-state index contributed by atoms with van der Waals surface area (Å²) in [6.07, 6.45) is 1.82. The molecule has 1 aliphatic rings. The molecule has 2 aromatic rings. The number of hydrogen-bond acceptors (Lipinski definition) is 6. The van der Waals surface area contributed by atoms with E-state index in [4.69, 9.17) is 16.1 Å². The molecule has 94 valence electrons. The topological polar surface area (TPSA) is 84.1 Å². The van der Waals surface area contributed by atoms with Crippen molar-refractivity contribution in [3.05, 3.63) is 29.2 Å². The van der Waals surface area contributed by atoms with Gasteiger partial charge in [-0.05, 0) is 18.6 Å². The van der Waals surface area contributed by atoms with Gasteiger partial charge >= 0.3 is 0 Å². The van der Waals surface area contributed by atoms with Gasteiger partial charge < -0.3 is 14.9 Å². The van der Waals surface area contributed by atoms with Crippen molar-refractivity contribution in [2.45, 2.75) is 18.6 Å². The molecule has 1 unspecified atom stereocenters. The van der Waals surface area contributed by atoms with Crippen molar-refractivity contribution >= 4 is 11.6 Å². The highest BCUT2D eigenvalue weighted by Gasteiger charge is 2.28. The van der Waals surface area contributed by atoms with Crippen molar-refractivity contribution in [1.82, 2.24) is 20.4 Å². The smallest absolute Gasteiger partial charge is 0.244 e. The molecule has 2 aromatic heterocycles. The average molecular weight is 267 g/mol. The summed E-state index contributed by atoms with van der Waals surface area (Å²) in [5.41, 5.74) is 0.493. The third-order valence-electron chi connectivity index (χ3n) is 2.82. The van der Waals surface area contributed by atoms with Gasteiger partial charge in [0.25, 0.3) is 0 Å². The third-order valence-corrected chi connectivity index (χ3v) is 3.12. The van der Waals surface area contributed by atoms with Gasteiger partial charge in [0.05, 0.1) is 17.2 Å². The Hall–Kier alpha value is -1.50. The maximum absolute atomic E-state index is 9.44. The SMILES string of the molecule is OC1CN[C@H](c2nc(-c3ncccc3Cl)no2)C1. The molecule has 0 radical (unpaired) electrons. The molecular weight excluding hydrogens is 256 g/mol. The van der Waals surface area contributed by atoms with Gasteiger partial charge in [-0.3, -0.25) is 4.98 Å². The second-order valence-corrected chi connectivity index (χ2v) is 4.55. The van der Waals surface area contributed by atoms with Crippen LogP contribution in [0.4, 0.5) is 0 Å². The van der Waals surface area contributed by atoms with Crippen LogP contribution in [0.1, 0.15) is 18.4 Å². The summed E-state index contributed by atoms with van der Waals surface area (Å²) in [6.45, 7) is 0.534. The summed E-state index contributed by atoms with van der Waals surface area (Å²) >= 11 is 6.01. The van der Waals surface area contributed by atoms with Crippen LogP contribution in [0.2, 0.25) is 5.02 Å². The van der Waals surface area contributed by atoms with Crippen LogP contribution >= 0.6 is 11.6 Å². The van der Waals surface area contributed by atoms with Crippen molar-refractivity contribution < 1.29 is 9.63 Å². The molecule has 3 rings (SSSR count). The van der Waals surface area contributed by atoms with Crippen molar-refractivity contribution in [2.75, 3.05) is 6.54 Å². The summed E-state index contributed by atoms with van der Waals surface area (Å²) < 4.78 is 5.17. The fourth-order valence-electron chi connectivity index (χ4n) is 1.93. The Labute approximate surface area is 108 Å². The van der Waals surface area contributed by atoms with E-state index in [0.717, 1.165) is 0 Å². The summed E-state index contributed by atoms with van der Waals surface area (Å²) in [5.74, 6) is 0.807. The summed E-state index contributed by atoms with van der Waals surface area (Å²) in [7, 11) is 0. The second kappa shape index (κ2) is 4.64. The first-order chi connectivity index (χ1) is 8.74. The van der Waals surface area contributed by atoms with Crippen LogP contribution in [-0.4, -0.2) is 32.9 Å². The number of rotatable bonds is 2. The number of hydrogen-bond donors (Lipinski definition) is 2. The first-order valence-corrected chi connectivity index (χ1v) is 5.98. The Morgan fingerprint density at radius 2 is 2.39 bits per heavy atom. The van der Waals surface area contributed by atoms with Crippen LogP contribution in [-0.2, 0) is 0 Å². The minimum Gasteiger partial charge on any atom is -0.392 e. The molecule has 18 heavy (non-hydrogen) atoms. The van der Waals surface area contributed by atoms with Gasteiger partial charge in [-0.1, -0.05) is 16.8 Å². The van der Waals surface area contributed by atoms with Gasteiger partial charge in [-0.15, -0.1) is 0 Å². The van der Waals surface area contributed by atoms with E-state index in [2.05, 4.69) is 20.4 Å². The van der Waals surface area contributed by atoms with E-state index in [1.165, 1.54) is 0 Å². The second-order valence-electron chi connectivity index (χ2n) is 4.14. The zero-order valence-corrected chi connectivity index (χ0v) is 10.1. The minimum atomic E-state index is -0.371. The monoisotopic (exact) mass is 266 g/mol. The quantitative estimate of drug-likeness (QED) is 0.849. The molecule has 0 bridgehead atoms. The van der Waals surface area contributed by atoms with Crippen LogP contribution in [0.3, 0.4) is 0 Å². The van der Waals surface area contributed by atoms with Crippen molar-refractivity contribution in [3.63, 3.8) is 0 Å². The highest BCUT2D eigenvalue weighted by molar-refractivity contribution is 6.32. The number of pyridine rings is 1. The fraction of sp³-hybridized carbons (Fsp3) is 0.364. The molecule has 1 saturated heterocycles. The molecule has 0 amide bonds. The van der Waals surface area contributed by atoms with E-state index in [0.29, 0.717) is 35.4 Å². The number of β-amino-alcohol motifs (C(OH)–C–C–N with tert-alkyl or cyclic N) is 1. The Morgan fingerprint density at radius 3 is 3.11 bits per heavy atom. The van der Waals surface area contributed by atoms with Crippen LogP contribution in [0, 0.1) is 0 Å². The van der Waals surface area contributed by atoms with E-state index < -0.39 is 0 Å². The van der Waals surface area contributed by atoms with Gasteiger partial charge in [-0.2, -0.15) is 4.98 Å². The highest BCUT2D eigenvalue weighted by Crippen LogP contribution is 2.26. The average Bonchev–Trinajstić information content (AvgIpc) is 2.98. The number of aliphatic hydroxyl groups is 1. The van der Waals surface area contributed by atoms with Crippen molar-refractivity contribution in [3.8, 4) is 11.5 Å². The lowest BCUT2D eigenvalue weighted by Gasteiger charge is -2.01. The van der Waals surface area contributed by atoms with Crippen molar-refractivity contribution in [2.24, 2.45) is 0 Å². The van der Waals surface area contributed by atoms with Gasteiger partial charge in [-0.25, -0.2) is 0 Å². The first kappa shape index (κ1) is 11.6. The van der Waals surface area contributed by atoms with Crippen LogP contribution in [0.25, 0.3) is 11.5 Å². The molecule has 2 N–H and O–H groups in total. The normalized spacial score (nSPS) is 23.4. The Morgan fingerprint density at radius 1 is 1.50 bits per heavy atom. The molecule has 0 saturated carbocycles. The lowest BCUT2D eigenvalue weighted by Crippen LogP contribution is -2.15.